The van der Waals surface area contributed by atoms with Crippen LogP contribution in [-0.2, 0) is 6.54 Å². The second kappa shape index (κ2) is 10.0. The van der Waals surface area contributed by atoms with E-state index in [4.69, 9.17) is 0 Å². The van der Waals surface area contributed by atoms with Crippen LogP contribution in [0.2, 0.25) is 0 Å². The quantitative estimate of drug-likeness (QED) is 0.762. The van der Waals surface area contributed by atoms with Crippen LogP contribution in [-0.4, -0.2) is 36.3 Å². The lowest BCUT2D eigenvalue weighted by molar-refractivity contribution is 0.0954. The van der Waals surface area contributed by atoms with E-state index >= 15 is 0 Å². The molecule has 2 aromatic carbocycles. The highest BCUT2D eigenvalue weighted by Gasteiger charge is 2.14. The third-order valence-electron chi connectivity index (χ3n) is 5.03. The Morgan fingerprint density at radius 2 is 1.64 bits per heavy atom. The molecule has 0 unspecified atom stereocenters. The Kier molecular flexibility index (Phi) is 7.20. The van der Waals surface area contributed by atoms with Crippen molar-refractivity contribution in [3.8, 4) is 0 Å². The number of nitrogens with zero attached hydrogens (tertiary/aromatic N) is 1. The zero-order chi connectivity index (χ0) is 19.8. The van der Waals surface area contributed by atoms with E-state index in [1.165, 1.54) is 24.8 Å². The van der Waals surface area contributed by atoms with Crippen LogP contribution in [0.15, 0.2) is 48.5 Å². The standard InChI is InChI=1S/C23H29N3O2/c1-2-14-24-23(28)20-8-4-5-9-21(20)25-22(27)19-12-10-18(11-13-19)17-26-15-6-3-7-16-26/h4-5,8-13H,2-3,6-7,14-17H2,1H3,(H,24,28)(H,25,27). The van der Waals surface area contributed by atoms with E-state index < -0.39 is 0 Å². The summed E-state index contributed by atoms with van der Waals surface area (Å²) < 4.78 is 0. The molecule has 5 heteroatoms. The van der Waals surface area contributed by atoms with Crippen molar-refractivity contribution in [3.63, 3.8) is 0 Å². The second-order valence-corrected chi connectivity index (χ2v) is 7.29. The van der Waals surface area contributed by atoms with Gasteiger partial charge >= 0.3 is 0 Å². The number of carbonyl (C=O) groups is 2. The highest BCUT2D eigenvalue weighted by atomic mass is 16.2. The first-order valence-corrected chi connectivity index (χ1v) is 10.2. The second-order valence-electron chi connectivity index (χ2n) is 7.29. The molecule has 1 aliphatic heterocycles. The summed E-state index contributed by atoms with van der Waals surface area (Å²) in [5.74, 6) is -0.380. The summed E-state index contributed by atoms with van der Waals surface area (Å²) in [7, 11) is 0. The van der Waals surface area contributed by atoms with Crippen LogP contribution in [0, 0.1) is 0 Å². The van der Waals surface area contributed by atoms with Crippen molar-refractivity contribution in [2.45, 2.75) is 39.2 Å². The molecule has 5 nitrogen and oxygen atoms in total. The molecule has 0 bridgehead atoms. The molecule has 1 aliphatic rings. The van der Waals surface area contributed by atoms with E-state index in [1.54, 1.807) is 18.2 Å². The Bertz CT molecular complexity index is 796. The molecular formula is C23H29N3O2. The summed E-state index contributed by atoms with van der Waals surface area (Å²) in [6.45, 7) is 5.85. The predicted molar refractivity (Wildman–Crippen MR) is 113 cm³/mol. The van der Waals surface area contributed by atoms with E-state index in [1.807, 2.05) is 37.3 Å². The van der Waals surface area contributed by atoms with Crippen LogP contribution in [0.25, 0.3) is 0 Å². The lowest BCUT2D eigenvalue weighted by atomic mass is 10.1. The van der Waals surface area contributed by atoms with Crippen molar-refractivity contribution in [1.82, 2.24) is 10.2 Å². The minimum absolute atomic E-state index is 0.172. The zero-order valence-electron chi connectivity index (χ0n) is 16.5. The molecular weight excluding hydrogens is 350 g/mol. The van der Waals surface area contributed by atoms with Gasteiger partial charge < -0.3 is 10.6 Å². The molecule has 0 radical (unpaired) electrons. The summed E-state index contributed by atoms with van der Waals surface area (Å²) in [5, 5.41) is 5.73. The molecule has 1 heterocycles. The van der Waals surface area contributed by atoms with Gasteiger partial charge in [-0.2, -0.15) is 0 Å². The number of carbonyl (C=O) groups excluding carboxylic acids is 2. The maximum absolute atomic E-state index is 12.7. The number of nitrogens with one attached hydrogen (secondary N) is 2. The number of amides is 2. The zero-order valence-corrected chi connectivity index (χ0v) is 16.5. The maximum atomic E-state index is 12.7. The Balaban J connectivity index is 1.64. The van der Waals surface area contributed by atoms with E-state index in [0.29, 0.717) is 23.4 Å². The van der Waals surface area contributed by atoms with Crippen molar-refractivity contribution in [1.29, 1.82) is 0 Å². The van der Waals surface area contributed by atoms with Crippen LogP contribution >= 0.6 is 0 Å². The third kappa shape index (κ3) is 5.42. The number of rotatable bonds is 7. The van der Waals surface area contributed by atoms with Crippen molar-refractivity contribution >= 4 is 17.5 Å². The number of benzene rings is 2. The molecule has 1 fully saturated rings. The summed E-state index contributed by atoms with van der Waals surface area (Å²) in [4.78, 5) is 27.4. The van der Waals surface area contributed by atoms with Crippen LogP contribution < -0.4 is 10.6 Å². The lowest BCUT2D eigenvalue weighted by Crippen LogP contribution is -2.29. The monoisotopic (exact) mass is 379 g/mol. The fourth-order valence-corrected chi connectivity index (χ4v) is 3.46. The molecule has 0 aromatic heterocycles. The van der Waals surface area contributed by atoms with Gasteiger partial charge in [-0.15, -0.1) is 0 Å². The van der Waals surface area contributed by atoms with Crippen molar-refractivity contribution < 1.29 is 9.59 Å². The predicted octanol–water partition coefficient (Wildman–Crippen LogP) is 4.06. The van der Waals surface area contributed by atoms with Crippen molar-refractivity contribution in [3.05, 3.63) is 65.2 Å². The van der Waals surface area contributed by atoms with Gasteiger partial charge in [0, 0.05) is 18.7 Å². The summed E-state index contributed by atoms with van der Waals surface area (Å²) >= 11 is 0. The number of hydrogen-bond donors (Lipinski definition) is 2. The highest BCUT2D eigenvalue weighted by molar-refractivity contribution is 6.09. The van der Waals surface area contributed by atoms with Gasteiger partial charge in [-0.25, -0.2) is 0 Å². The van der Waals surface area contributed by atoms with Gasteiger partial charge in [0.05, 0.1) is 11.3 Å². The van der Waals surface area contributed by atoms with Gasteiger partial charge in [-0.05, 0) is 62.2 Å². The van der Waals surface area contributed by atoms with E-state index in [2.05, 4.69) is 15.5 Å². The molecule has 0 aliphatic carbocycles. The number of likely N-dealkylation sites (tertiary alicyclic amines) is 1. The van der Waals surface area contributed by atoms with Gasteiger partial charge in [0.15, 0.2) is 0 Å². The molecule has 0 atom stereocenters. The number of hydrogen-bond acceptors (Lipinski definition) is 3. The summed E-state index contributed by atoms with van der Waals surface area (Å²) in [6, 6.07) is 14.8. The Hall–Kier alpha value is -2.66. The van der Waals surface area contributed by atoms with Gasteiger partial charge in [-0.3, -0.25) is 14.5 Å². The third-order valence-corrected chi connectivity index (χ3v) is 5.03. The first kappa shape index (κ1) is 20.1. The van der Waals surface area contributed by atoms with Crippen LogP contribution in [0.5, 0.6) is 0 Å². The normalized spacial score (nSPS) is 14.5. The van der Waals surface area contributed by atoms with Crippen LogP contribution in [0.4, 0.5) is 5.69 Å². The summed E-state index contributed by atoms with van der Waals surface area (Å²) in [5.41, 5.74) is 2.81. The molecule has 2 aromatic rings. The summed E-state index contributed by atoms with van der Waals surface area (Å²) in [6.07, 6.45) is 4.73. The van der Waals surface area contributed by atoms with E-state index in [9.17, 15) is 9.59 Å². The smallest absolute Gasteiger partial charge is 0.255 e. The van der Waals surface area contributed by atoms with Crippen LogP contribution in [0.3, 0.4) is 0 Å². The molecule has 28 heavy (non-hydrogen) atoms. The number of piperidine rings is 1. The highest BCUT2D eigenvalue weighted by Crippen LogP contribution is 2.17. The molecule has 148 valence electrons. The maximum Gasteiger partial charge on any atom is 0.255 e. The first-order valence-electron chi connectivity index (χ1n) is 10.2. The fourth-order valence-electron chi connectivity index (χ4n) is 3.46. The minimum Gasteiger partial charge on any atom is -0.352 e. The van der Waals surface area contributed by atoms with Gasteiger partial charge in [0.2, 0.25) is 0 Å². The Morgan fingerprint density at radius 1 is 0.929 bits per heavy atom. The van der Waals surface area contributed by atoms with Crippen molar-refractivity contribution in [2.24, 2.45) is 0 Å². The lowest BCUT2D eigenvalue weighted by Gasteiger charge is -2.26. The first-order chi connectivity index (χ1) is 13.7. The van der Waals surface area contributed by atoms with Gasteiger partial charge in [0.1, 0.15) is 0 Å². The Morgan fingerprint density at radius 3 is 2.36 bits per heavy atom. The molecule has 0 saturated carbocycles. The minimum atomic E-state index is -0.208. The average molecular weight is 380 g/mol. The number of anilines is 1. The fraction of sp³-hybridized carbons (Fsp3) is 0.391. The molecule has 0 spiro atoms. The van der Waals surface area contributed by atoms with E-state index in [-0.39, 0.29) is 11.8 Å². The van der Waals surface area contributed by atoms with Gasteiger partial charge in [0.25, 0.3) is 11.8 Å². The molecule has 2 N–H and O–H groups in total. The average Bonchev–Trinajstić information content (AvgIpc) is 2.73. The number of para-hydroxylation sites is 1. The van der Waals surface area contributed by atoms with Gasteiger partial charge in [-0.1, -0.05) is 37.6 Å². The SMILES string of the molecule is CCCNC(=O)c1ccccc1NC(=O)c1ccc(CN2CCCCC2)cc1. The molecule has 2 amide bonds. The van der Waals surface area contributed by atoms with Crippen LogP contribution in [0.1, 0.15) is 58.9 Å². The van der Waals surface area contributed by atoms with E-state index in [0.717, 1.165) is 26.1 Å². The Labute approximate surface area is 167 Å². The largest absolute Gasteiger partial charge is 0.352 e. The topological polar surface area (TPSA) is 61.4 Å². The van der Waals surface area contributed by atoms with Crippen molar-refractivity contribution in [2.75, 3.05) is 25.0 Å². The molecule has 3 rings (SSSR count). The molecule has 1 saturated heterocycles.